The molecule has 8 nitrogen and oxygen atoms in total. The van der Waals surface area contributed by atoms with Gasteiger partial charge in [0.1, 0.15) is 22.2 Å². The molecule has 0 saturated heterocycles. The third kappa shape index (κ3) is 3.93. The second-order valence-corrected chi connectivity index (χ2v) is 6.36. The van der Waals surface area contributed by atoms with Crippen LogP contribution < -0.4 is 19.5 Å². The lowest BCUT2D eigenvalue weighted by Crippen LogP contribution is -2.16. The average Bonchev–Trinajstić information content (AvgIpc) is 2.54. The van der Waals surface area contributed by atoms with Gasteiger partial charge in [0, 0.05) is 19.2 Å². The van der Waals surface area contributed by atoms with Crippen LogP contribution in [0.3, 0.4) is 0 Å². The molecule has 0 saturated carbocycles. The number of hydrogen-bond donors (Lipinski definition) is 2. The summed E-state index contributed by atoms with van der Waals surface area (Å²) in [6, 6.07) is 7.49. The highest BCUT2D eigenvalue weighted by molar-refractivity contribution is 7.92. The van der Waals surface area contributed by atoms with Crippen molar-refractivity contribution in [2.24, 2.45) is 0 Å². The fraction of sp³-hybridized carbons (Fsp3) is 0.200. The van der Waals surface area contributed by atoms with E-state index in [4.69, 9.17) is 9.47 Å². The third-order valence-electron chi connectivity index (χ3n) is 2.99. The van der Waals surface area contributed by atoms with Gasteiger partial charge in [-0.15, -0.1) is 0 Å². The molecule has 9 heteroatoms. The van der Waals surface area contributed by atoms with E-state index in [0.717, 1.165) is 0 Å². The molecule has 0 aliphatic carbocycles. The van der Waals surface area contributed by atoms with E-state index in [1.54, 1.807) is 12.1 Å². The molecule has 0 atom stereocenters. The van der Waals surface area contributed by atoms with E-state index >= 15 is 0 Å². The lowest BCUT2D eigenvalue weighted by molar-refractivity contribution is -0.114. The molecule has 2 N–H and O–H groups in total. The number of pyridine rings is 1. The molecule has 0 radical (unpaired) electrons. The Morgan fingerprint density at radius 2 is 1.83 bits per heavy atom. The Morgan fingerprint density at radius 3 is 2.38 bits per heavy atom. The van der Waals surface area contributed by atoms with Crippen LogP contribution in [0.15, 0.2) is 41.4 Å². The van der Waals surface area contributed by atoms with E-state index in [2.05, 4.69) is 15.0 Å². The van der Waals surface area contributed by atoms with Crippen molar-refractivity contribution in [1.29, 1.82) is 0 Å². The number of methoxy groups -OCH3 is 2. The zero-order valence-electron chi connectivity index (χ0n) is 13.4. The van der Waals surface area contributed by atoms with Crippen LogP contribution in [0.2, 0.25) is 0 Å². The average molecular weight is 351 g/mol. The highest BCUT2D eigenvalue weighted by Crippen LogP contribution is 2.36. The van der Waals surface area contributed by atoms with E-state index in [1.165, 1.54) is 45.5 Å². The van der Waals surface area contributed by atoms with Gasteiger partial charge in [-0.05, 0) is 18.2 Å². The topological polar surface area (TPSA) is 107 Å². The standard InChI is InChI=1S/C15H17N3O5S/c1-10(19)17-11-8-14(13(23-3)9-12(11)22-2)24(20,21)18-15-6-4-5-7-16-15/h4-9H,1-3H3,(H,16,18)(H,17,19). The second kappa shape index (κ2) is 7.18. The zero-order valence-corrected chi connectivity index (χ0v) is 14.2. The summed E-state index contributed by atoms with van der Waals surface area (Å²) in [6.07, 6.45) is 1.46. The largest absolute Gasteiger partial charge is 0.495 e. The molecule has 1 aromatic carbocycles. The van der Waals surface area contributed by atoms with Gasteiger partial charge in [0.2, 0.25) is 5.91 Å². The molecule has 2 rings (SSSR count). The minimum Gasteiger partial charge on any atom is -0.495 e. The zero-order chi connectivity index (χ0) is 17.7. The van der Waals surface area contributed by atoms with E-state index in [0.29, 0.717) is 0 Å². The molecule has 1 aromatic heterocycles. The third-order valence-corrected chi connectivity index (χ3v) is 4.37. The van der Waals surface area contributed by atoms with Gasteiger partial charge < -0.3 is 14.8 Å². The summed E-state index contributed by atoms with van der Waals surface area (Å²) in [4.78, 5) is 15.1. The molecule has 0 aliphatic rings. The minimum absolute atomic E-state index is 0.0735. The van der Waals surface area contributed by atoms with E-state index in [9.17, 15) is 13.2 Å². The van der Waals surface area contributed by atoms with E-state index in [-0.39, 0.29) is 33.8 Å². The smallest absolute Gasteiger partial charge is 0.266 e. The fourth-order valence-electron chi connectivity index (χ4n) is 1.98. The predicted octanol–water partition coefficient (Wildman–Crippen LogP) is 1.86. The quantitative estimate of drug-likeness (QED) is 0.823. The lowest BCUT2D eigenvalue weighted by atomic mass is 10.2. The molecule has 2 aromatic rings. The molecule has 24 heavy (non-hydrogen) atoms. The molecule has 1 amide bonds. The molecule has 1 heterocycles. The highest BCUT2D eigenvalue weighted by atomic mass is 32.2. The van der Waals surface area contributed by atoms with Gasteiger partial charge in [-0.2, -0.15) is 0 Å². The number of benzene rings is 1. The summed E-state index contributed by atoms with van der Waals surface area (Å²) in [6.45, 7) is 1.31. The van der Waals surface area contributed by atoms with Gasteiger partial charge in [-0.25, -0.2) is 13.4 Å². The Labute approximate surface area is 139 Å². The minimum atomic E-state index is -3.98. The van der Waals surface area contributed by atoms with E-state index < -0.39 is 10.0 Å². The normalized spacial score (nSPS) is 10.8. The summed E-state index contributed by atoms with van der Waals surface area (Å²) in [5.74, 6) is 0.152. The number of nitrogens with one attached hydrogen (secondary N) is 2. The predicted molar refractivity (Wildman–Crippen MR) is 88.9 cm³/mol. The van der Waals surface area contributed by atoms with Crippen LogP contribution in [0.25, 0.3) is 0 Å². The number of anilines is 2. The number of carbonyl (C=O) groups is 1. The van der Waals surface area contributed by atoms with Gasteiger partial charge in [0.15, 0.2) is 0 Å². The van der Waals surface area contributed by atoms with Crippen LogP contribution in [-0.2, 0) is 14.8 Å². The Bertz CT molecular complexity index is 838. The molecule has 0 fully saturated rings. The summed E-state index contributed by atoms with van der Waals surface area (Å²) in [7, 11) is -1.24. The maximum Gasteiger partial charge on any atom is 0.266 e. The molecular weight excluding hydrogens is 334 g/mol. The van der Waals surface area contributed by atoms with Crippen molar-refractivity contribution in [2.45, 2.75) is 11.8 Å². The second-order valence-electron chi connectivity index (χ2n) is 4.71. The van der Waals surface area contributed by atoms with Crippen LogP contribution in [0, 0.1) is 0 Å². The first kappa shape index (κ1) is 17.5. The van der Waals surface area contributed by atoms with Crippen molar-refractivity contribution in [3.63, 3.8) is 0 Å². The monoisotopic (exact) mass is 351 g/mol. The molecule has 0 aliphatic heterocycles. The first-order chi connectivity index (χ1) is 11.4. The van der Waals surface area contributed by atoms with Crippen LogP contribution in [0.5, 0.6) is 11.5 Å². The Morgan fingerprint density at radius 1 is 1.12 bits per heavy atom. The number of carbonyl (C=O) groups excluding carboxylic acids is 1. The lowest BCUT2D eigenvalue weighted by Gasteiger charge is -2.15. The molecule has 0 bridgehead atoms. The first-order valence-electron chi connectivity index (χ1n) is 6.85. The van der Waals surface area contributed by atoms with Crippen molar-refractivity contribution in [3.8, 4) is 11.5 Å². The van der Waals surface area contributed by atoms with Gasteiger partial charge in [0.25, 0.3) is 10.0 Å². The van der Waals surface area contributed by atoms with Crippen LogP contribution in [-0.4, -0.2) is 33.5 Å². The van der Waals surface area contributed by atoms with Gasteiger partial charge >= 0.3 is 0 Å². The first-order valence-corrected chi connectivity index (χ1v) is 8.33. The Hall–Kier alpha value is -2.81. The molecule has 128 valence electrons. The van der Waals surface area contributed by atoms with Crippen LogP contribution in [0.4, 0.5) is 11.5 Å². The van der Waals surface area contributed by atoms with Gasteiger partial charge in [-0.3, -0.25) is 9.52 Å². The number of nitrogens with zero attached hydrogens (tertiary/aromatic N) is 1. The Kier molecular flexibility index (Phi) is 5.24. The number of sulfonamides is 1. The summed E-state index contributed by atoms with van der Waals surface area (Å²) in [5.41, 5.74) is 0.215. The number of rotatable bonds is 6. The molecule has 0 spiro atoms. The number of hydrogen-bond acceptors (Lipinski definition) is 6. The maximum absolute atomic E-state index is 12.6. The van der Waals surface area contributed by atoms with Crippen LogP contribution >= 0.6 is 0 Å². The van der Waals surface area contributed by atoms with Crippen LogP contribution in [0.1, 0.15) is 6.92 Å². The number of amides is 1. The maximum atomic E-state index is 12.6. The number of ether oxygens (including phenoxy) is 2. The molecular formula is C15H17N3O5S. The number of aromatic nitrogens is 1. The SMILES string of the molecule is COc1cc(OC)c(S(=O)(=O)Nc2ccccn2)cc1NC(C)=O. The summed E-state index contributed by atoms with van der Waals surface area (Å²) < 4.78 is 37.9. The fourth-order valence-corrected chi connectivity index (χ4v) is 3.17. The van der Waals surface area contributed by atoms with Crippen molar-refractivity contribution in [3.05, 3.63) is 36.5 Å². The van der Waals surface area contributed by atoms with Gasteiger partial charge in [-0.1, -0.05) is 6.07 Å². The van der Waals surface area contributed by atoms with Crippen molar-refractivity contribution < 1.29 is 22.7 Å². The van der Waals surface area contributed by atoms with E-state index in [1.807, 2.05) is 0 Å². The Balaban J connectivity index is 2.52. The highest BCUT2D eigenvalue weighted by Gasteiger charge is 2.23. The molecule has 0 unspecified atom stereocenters. The summed E-state index contributed by atoms with van der Waals surface area (Å²) >= 11 is 0. The van der Waals surface area contributed by atoms with Gasteiger partial charge in [0.05, 0.1) is 19.9 Å². The van der Waals surface area contributed by atoms with Crippen molar-refractivity contribution >= 4 is 27.4 Å². The van der Waals surface area contributed by atoms with Crippen molar-refractivity contribution in [1.82, 2.24) is 4.98 Å². The van der Waals surface area contributed by atoms with Crippen molar-refractivity contribution in [2.75, 3.05) is 24.3 Å². The summed E-state index contributed by atoms with van der Waals surface area (Å²) in [5, 5.41) is 2.52.